The summed E-state index contributed by atoms with van der Waals surface area (Å²) in [6.07, 6.45) is 1.03. The van der Waals surface area contributed by atoms with Crippen molar-refractivity contribution in [1.82, 2.24) is 10.6 Å². The Morgan fingerprint density at radius 3 is 2.30 bits per heavy atom. The van der Waals surface area contributed by atoms with Crippen LogP contribution in [0.1, 0.15) is 27.7 Å². The van der Waals surface area contributed by atoms with Crippen LogP contribution in [0.25, 0.3) is 0 Å². The van der Waals surface area contributed by atoms with Gasteiger partial charge in [-0.2, -0.15) is 0 Å². The van der Waals surface area contributed by atoms with Gasteiger partial charge in [-0.1, -0.05) is 0 Å². The number of carbonyl (C=O) groups excluding carboxylic acids is 2. The Bertz CT molecular complexity index is 348. The average molecular weight is 287 g/mol. The summed E-state index contributed by atoms with van der Waals surface area (Å²) in [7, 11) is 0. The molecule has 0 heterocycles. The third kappa shape index (κ3) is 9.21. The second-order valence-corrected chi connectivity index (χ2v) is 4.93. The average Bonchev–Trinajstić information content (AvgIpc) is 2.31. The van der Waals surface area contributed by atoms with Gasteiger partial charge in [-0.05, 0) is 33.8 Å². The van der Waals surface area contributed by atoms with Crippen molar-refractivity contribution in [2.75, 3.05) is 26.2 Å². The predicted molar refractivity (Wildman–Crippen MR) is 76.0 cm³/mol. The van der Waals surface area contributed by atoms with Gasteiger partial charge in [0.05, 0.1) is 6.61 Å². The lowest BCUT2D eigenvalue weighted by Gasteiger charge is -2.19. The van der Waals surface area contributed by atoms with Crippen molar-refractivity contribution < 1.29 is 19.1 Å². The van der Waals surface area contributed by atoms with Crippen LogP contribution in [0.2, 0.25) is 0 Å². The first-order valence-electron chi connectivity index (χ1n) is 6.58. The quantitative estimate of drug-likeness (QED) is 0.358. The molecule has 20 heavy (non-hydrogen) atoms. The van der Waals surface area contributed by atoms with Gasteiger partial charge >= 0.3 is 12.1 Å². The third-order valence-electron chi connectivity index (χ3n) is 1.93. The van der Waals surface area contributed by atoms with E-state index in [1.807, 2.05) is 0 Å². The Kier molecular flexibility index (Phi) is 8.38. The summed E-state index contributed by atoms with van der Waals surface area (Å²) in [4.78, 5) is 22.9. The molecule has 0 aliphatic heterocycles. The predicted octanol–water partition coefficient (Wildman–Crippen LogP) is 0.506. The molecular weight excluding hydrogens is 262 g/mol. The zero-order valence-corrected chi connectivity index (χ0v) is 12.6. The maximum Gasteiger partial charge on any atom is 0.407 e. The molecule has 0 spiro atoms. The van der Waals surface area contributed by atoms with Crippen molar-refractivity contribution in [2.45, 2.75) is 33.3 Å². The fraction of sp³-hybridized carbons (Fsp3) is 0.692. The number of amides is 1. The van der Waals surface area contributed by atoms with Crippen LogP contribution < -0.4 is 16.4 Å². The molecular formula is C13H25N3O4. The van der Waals surface area contributed by atoms with Crippen LogP contribution in [0.3, 0.4) is 0 Å². The van der Waals surface area contributed by atoms with Gasteiger partial charge in [-0.3, -0.25) is 0 Å². The molecule has 116 valence electrons. The third-order valence-corrected chi connectivity index (χ3v) is 1.93. The van der Waals surface area contributed by atoms with Gasteiger partial charge in [0, 0.05) is 19.6 Å². The number of carbonyl (C=O) groups is 2. The van der Waals surface area contributed by atoms with E-state index in [1.165, 1.54) is 6.08 Å². The molecule has 0 saturated heterocycles. The fourth-order valence-electron chi connectivity index (χ4n) is 1.23. The van der Waals surface area contributed by atoms with Gasteiger partial charge in [-0.15, -0.1) is 0 Å². The molecule has 0 fully saturated rings. The van der Waals surface area contributed by atoms with Crippen LogP contribution in [0.4, 0.5) is 4.79 Å². The highest BCUT2D eigenvalue weighted by Gasteiger charge is 2.15. The SMILES string of the molecule is CCOC(=O)/C(=C/CN)NCCNC(=O)OC(C)(C)C. The fourth-order valence-corrected chi connectivity index (χ4v) is 1.23. The Hall–Kier alpha value is -1.76. The second kappa shape index (κ2) is 9.19. The maximum absolute atomic E-state index is 11.5. The molecule has 1 amide bonds. The van der Waals surface area contributed by atoms with Gasteiger partial charge < -0.3 is 25.8 Å². The van der Waals surface area contributed by atoms with E-state index in [1.54, 1.807) is 27.7 Å². The van der Waals surface area contributed by atoms with Crippen LogP contribution in [-0.4, -0.2) is 43.9 Å². The molecule has 4 N–H and O–H groups in total. The summed E-state index contributed by atoms with van der Waals surface area (Å²) in [5.74, 6) is -0.463. The van der Waals surface area contributed by atoms with Crippen molar-refractivity contribution in [3.05, 3.63) is 11.8 Å². The number of nitrogens with two attached hydrogens (primary N) is 1. The monoisotopic (exact) mass is 287 g/mol. The van der Waals surface area contributed by atoms with Gasteiger partial charge in [0.2, 0.25) is 0 Å². The first-order chi connectivity index (χ1) is 9.30. The molecule has 0 bridgehead atoms. The lowest BCUT2D eigenvalue weighted by atomic mass is 10.2. The van der Waals surface area contributed by atoms with Crippen molar-refractivity contribution in [3.63, 3.8) is 0 Å². The molecule has 0 atom stereocenters. The number of hydrogen-bond acceptors (Lipinski definition) is 6. The summed E-state index contributed by atoms with van der Waals surface area (Å²) < 4.78 is 9.94. The normalized spacial score (nSPS) is 11.8. The molecule has 0 aromatic heterocycles. The highest BCUT2D eigenvalue weighted by atomic mass is 16.6. The summed E-state index contributed by atoms with van der Waals surface area (Å²) in [6, 6.07) is 0. The molecule has 0 aliphatic carbocycles. The Morgan fingerprint density at radius 1 is 1.20 bits per heavy atom. The standard InChI is InChI=1S/C13H25N3O4/c1-5-19-11(17)10(6-7-14)15-8-9-16-12(18)20-13(2,3)4/h6,15H,5,7-9,14H2,1-4H3,(H,16,18)/b10-6-. The molecule has 0 unspecified atom stereocenters. The topological polar surface area (TPSA) is 103 Å². The zero-order chi connectivity index (χ0) is 15.6. The molecule has 0 radical (unpaired) electrons. The van der Waals surface area contributed by atoms with Crippen LogP contribution in [0.5, 0.6) is 0 Å². The Balaban J connectivity index is 4.05. The molecule has 7 nitrogen and oxygen atoms in total. The Labute approximate surface area is 119 Å². The van der Waals surface area contributed by atoms with E-state index in [4.69, 9.17) is 15.2 Å². The number of ether oxygens (including phenoxy) is 2. The first kappa shape index (κ1) is 18.2. The van der Waals surface area contributed by atoms with E-state index >= 15 is 0 Å². The van der Waals surface area contributed by atoms with Gasteiger partial charge in [0.1, 0.15) is 11.3 Å². The first-order valence-corrected chi connectivity index (χ1v) is 6.58. The van der Waals surface area contributed by atoms with Crippen molar-refractivity contribution in [3.8, 4) is 0 Å². The maximum atomic E-state index is 11.5. The lowest BCUT2D eigenvalue weighted by molar-refractivity contribution is -0.138. The summed E-state index contributed by atoms with van der Waals surface area (Å²) in [6.45, 7) is 8.27. The molecule has 0 aromatic carbocycles. The number of nitrogens with one attached hydrogen (secondary N) is 2. The number of alkyl carbamates (subject to hydrolysis) is 1. The second-order valence-electron chi connectivity index (χ2n) is 4.93. The molecule has 0 rings (SSSR count). The molecule has 0 aromatic rings. The highest BCUT2D eigenvalue weighted by molar-refractivity contribution is 5.87. The van der Waals surface area contributed by atoms with Crippen LogP contribution in [0.15, 0.2) is 11.8 Å². The zero-order valence-electron chi connectivity index (χ0n) is 12.6. The minimum absolute atomic E-state index is 0.223. The Morgan fingerprint density at radius 2 is 1.80 bits per heavy atom. The number of hydrogen-bond donors (Lipinski definition) is 3. The van der Waals surface area contributed by atoms with E-state index in [0.29, 0.717) is 25.4 Å². The number of esters is 1. The van der Waals surface area contributed by atoms with Crippen LogP contribution in [0, 0.1) is 0 Å². The van der Waals surface area contributed by atoms with E-state index < -0.39 is 17.7 Å². The lowest BCUT2D eigenvalue weighted by Crippen LogP contribution is -2.37. The minimum Gasteiger partial charge on any atom is -0.461 e. The highest BCUT2D eigenvalue weighted by Crippen LogP contribution is 2.05. The van der Waals surface area contributed by atoms with Gasteiger partial charge in [0.25, 0.3) is 0 Å². The summed E-state index contributed by atoms with van der Waals surface area (Å²) >= 11 is 0. The molecule has 7 heteroatoms. The van der Waals surface area contributed by atoms with Crippen molar-refractivity contribution in [2.24, 2.45) is 5.73 Å². The number of rotatable bonds is 7. The largest absolute Gasteiger partial charge is 0.461 e. The molecule has 0 aliphatic rings. The van der Waals surface area contributed by atoms with Crippen LogP contribution in [-0.2, 0) is 14.3 Å². The van der Waals surface area contributed by atoms with Gasteiger partial charge in [0.15, 0.2) is 0 Å². The smallest absolute Gasteiger partial charge is 0.407 e. The van der Waals surface area contributed by atoms with E-state index in [2.05, 4.69) is 10.6 Å². The van der Waals surface area contributed by atoms with Gasteiger partial charge in [-0.25, -0.2) is 9.59 Å². The summed E-state index contributed by atoms with van der Waals surface area (Å²) in [5.41, 5.74) is 5.13. The van der Waals surface area contributed by atoms with E-state index in [-0.39, 0.29) is 6.54 Å². The van der Waals surface area contributed by atoms with Crippen molar-refractivity contribution in [1.29, 1.82) is 0 Å². The van der Waals surface area contributed by atoms with Crippen molar-refractivity contribution >= 4 is 12.1 Å². The summed E-state index contributed by atoms with van der Waals surface area (Å²) in [5, 5.41) is 5.43. The van der Waals surface area contributed by atoms with E-state index in [0.717, 1.165) is 0 Å². The van der Waals surface area contributed by atoms with Crippen LogP contribution >= 0.6 is 0 Å². The van der Waals surface area contributed by atoms with E-state index in [9.17, 15) is 9.59 Å². The minimum atomic E-state index is -0.535. The molecule has 0 saturated carbocycles.